The Hall–Kier alpha value is -2.30. The molecule has 94 valence electrons. The smallest absolute Gasteiger partial charge is 0.325 e. The van der Waals surface area contributed by atoms with E-state index in [4.69, 9.17) is 10.5 Å². The first kappa shape index (κ1) is 12.2. The summed E-state index contributed by atoms with van der Waals surface area (Å²) in [5, 5.41) is 4.76. The largest absolute Gasteiger partial charge is 0.465 e. The molecular formula is C13H15N3O2. The van der Waals surface area contributed by atoms with Crippen molar-refractivity contribution in [3.05, 3.63) is 30.5 Å². The SMILES string of the molecule is CCOC(=O)CNc1nccc2c(N)cccc12. The molecule has 3 N–H and O–H groups in total. The van der Waals surface area contributed by atoms with Crippen LogP contribution in [0.25, 0.3) is 10.8 Å². The number of nitrogens with zero attached hydrogens (tertiary/aromatic N) is 1. The summed E-state index contributed by atoms with van der Waals surface area (Å²) < 4.78 is 4.85. The van der Waals surface area contributed by atoms with Crippen molar-refractivity contribution in [2.45, 2.75) is 6.92 Å². The molecule has 1 heterocycles. The lowest BCUT2D eigenvalue weighted by atomic mass is 10.1. The van der Waals surface area contributed by atoms with Crippen LogP contribution in [0.3, 0.4) is 0 Å². The lowest BCUT2D eigenvalue weighted by molar-refractivity contribution is -0.140. The molecule has 0 unspecified atom stereocenters. The van der Waals surface area contributed by atoms with Crippen molar-refractivity contribution in [3.63, 3.8) is 0 Å². The minimum Gasteiger partial charge on any atom is -0.465 e. The first-order chi connectivity index (χ1) is 8.72. The Labute approximate surface area is 105 Å². The van der Waals surface area contributed by atoms with Crippen molar-refractivity contribution >= 4 is 28.2 Å². The molecule has 0 saturated heterocycles. The van der Waals surface area contributed by atoms with Gasteiger partial charge in [0.25, 0.3) is 0 Å². The molecule has 2 aromatic rings. The Morgan fingerprint density at radius 1 is 1.39 bits per heavy atom. The number of carbonyl (C=O) groups is 1. The lowest BCUT2D eigenvalue weighted by Gasteiger charge is -2.09. The van der Waals surface area contributed by atoms with Gasteiger partial charge in [-0.15, -0.1) is 0 Å². The van der Waals surface area contributed by atoms with Gasteiger partial charge in [-0.1, -0.05) is 12.1 Å². The number of nitrogen functional groups attached to an aromatic ring is 1. The van der Waals surface area contributed by atoms with E-state index in [1.165, 1.54) is 0 Å². The van der Waals surface area contributed by atoms with E-state index in [0.717, 1.165) is 10.8 Å². The Kier molecular flexibility index (Phi) is 3.62. The third kappa shape index (κ3) is 2.51. The third-order valence-electron chi connectivity index (χ3n) is 2.55. The van der Waals surface area contributed by atoms with E-state index in [0.29, 0.717) is 18.1 Å². The van der Waals surface area contributed by atoms with E-state index >= 15 is 0 Å². The van der Waals surface area contributed by atoms with Gasteiger partial charge in [-0.3, -0.25) is 4.79 Å². The first-order valence-corrected chi connectivity index (χ1v) is 5.75. The summed E-state index contributed by atoms with van der Waals surface area (Å²) in [5.74, 6) is 0.327. The fourth-order valence-corrected chi connectivity index (χ4v) is 1.74. The number of fused-ring (bicyclic) bond motifs is 1. The average Bonchev–Trinajstić information content (AvgIpc) is 2.37. The molecule has 0 aliphatic rings. The first-order valence-electron chi connectivity index (χ1n) is 5.75. The number of nitrogens with one attached hydrogen (secondary N) is 1. The molecule has 5 nitrogen and oxygen atoms in total. The number of carbonyl (C=O) groups excluding carboxylic acids is 1. The third-order valence-corrected chi connectivity index (χ3v) is 2.55. The van der Waals surface area contributed by atoms with Gasteiger partial charge in [0.2, 0.25) is 0 Å². The standard InChI is InChI=1S/C13H15N3O2/c1-2-18-12(17)8-16-13-10-4-3-5-11(14)9(10)6-7-15-13/h3-7H,2,8,14H2,1H3,(H,15,16). The van der Waals surface area contributed by atoms with E-state index in [9.17, 15) is 4.79 Å². The van der Waals surface area contributed by atoms with Gasteiger partial charge < -0.3 is 15.8 Å². The molecular weight excluding hydrogens is 230 g/mol. The van der Waals surface area contributed by atoms with Gasteiger partial charge >= 0.3 is 5.97 Å². The van der Waals surface area contributed by atoms with Crippen LogP contribution in [0.15, 0.2) is 30.5 Å². The maximum atomic E-state index is 11.3. The summed E-state index contributed by atoms with van der Waals surface area (Å²) in [6.07, 6.45) is 1.66. The summed E-state index contributed by atoms with van der Waals surface area (Å²) in [6, 6.07) is 7.44. The zero-order chi connectivity index (χ0) is 13.0. The van der Waals surface area contributed by atoms with Crippen LogP contribution < -0.4 is 11.1 Å². The van der Waals surface area contributed by atoms with Gasteiger partial charge in [-0.25, -0.2) is 4.98 Å². The van der Waals surface area contributed by atoms with Crippen LogP contribution in [-0.2, 0) is 9.53 Å². The van der Waals surface area contributed by atoms with Crippen LogP contribution in [0.5, 0.6) is 0 Å². The summed E-state index contributed by atoms with van der Waals surface area (Å²) in [7, 11) is 0. The van der Waals surface area contributed by atoms with E-state index in [-0.39, 0.29) is 12.5 Å². The van der Waals surface area contributed by atoms with Gasteiger partial charge in [0.05, 0.1) is 6.61 Å². The monoisotopic (exact) mass is 245 g/mol. The number of nitrogens with two attached hydrogens (primary N) is 1. The molecule has 0 aliphatic carbocycles. The highest BCUT2D eigenvalue weighted by Crippen LogP contribution is 2.25. The van der Waals surface area contributed by atoms with Crippen molar-refractivity contribution < 1.29 is 9.53 Å². The normalized spacial score (nSPS) is 10.3. The molecule has 1 aromatic heterocycles. The number of aromatic nitrogens is 1. The Bertz CT molecular complexity index is 569. The number of hydrogen-bond acceptors (Lipinski definition) is 5. The van der Waals surface area contributed by atoms with Crippen molar-refractivity contribution in [2.75, 3.05) is 24.2 Å². The van der Waals surface area contributed by atoms with Gasteiger partial charge in [0.15, 0.2) is 0 Å². The number of hydrogen-bond donors (Lipinski definition) is 2. The molecule has 0 aliphatic heterocycles. The number of pyridine rings is 1. The van der Waals surface area contributed by atoms with E-state index in [1.807, 2.05) is 24.3 Å². The fraction of sp³-hybridized carbons (Fsp3) is 0.231. The van der Waals surface area contributed by atoms with Gasteiger partial charge in [0.1, 0.15) is 12.4 Å². The summed E-state index contributed by atoms with van der Waals surface area (Å²) in [4.78, 5) is 15.5. The highest BCUT2D eigenvalue weighted by molar-refractivity contribution is 5.99. The van der Waals surface area contributed by atoms with Crippen molar-refractivity contribution in [1.82, 2.24) is 4.98 Å². The van der Waals surface area contributed by atoms with Crippen LogP contribution in [-0.4, -0.2) is 24.1 Å². The van der Waals surface area contributed by atoms with Crippen LogP contribution in [0.1, 0.15) is 6.92 Å². The summed E-state index contributed by atoms with van der Waals surface area (Å²) in [5.41, 5.74) is 6.57. The number of anilines is 2. The van der Waals surface area contributed by atoms with Crippen molar-refractivity contribution in [3.8, 4) is 0 Å². The molecule has 0 spiro atoms. The van der Waals surface area contributed by atoms with E-state index in [1.54, 1.807) is 13.1 Å². The lowest BCUT2D eigenvalue weighted by Crippen LogP contribution is -2.17. The van der Waals surface area contributed by atoms with E-state index < -0.39 is 0 Å². The van der Waals surface area contributed by atoms with Crippen molar-refractivity contribution in [1.29, 1.82) is 0 Å². The number of esters is 1. The van der Waals surface area contributed by atoms with Crippen LogP contribution in [0, 0.1) is 0 Å². The minimum absolute atomic E-state index is 0.0920. The number of benzene rings is 1. The molecule has 2 rings (SSSR count). The van der Waals surface area contributed by atoms with Gasteiger partial charge in [-0.2, -0.15) is 0 Å². The highest BCUT2D eigenvalue weighted by Gasteiger charge is 2.06. The molecule has 0 saturated carbocycles. The van der Waals surface area contributed by atoms with Crippen LogP contribution >= 0.6 is 0 Å². The molecule has 1 aromatic carbocycles. The molecule has 0 bridgehead atoms. The Morgan fingerprint density at radius 3 is 3.00 bits per heavy atom. The second-order valence-corrected chi connectivity index (χ2v) is 3.76. The Morgan fingerprint density at radius 2 is 2.22 bits per heavy atom. The molecule has 5 heteroatoms. The second-order valence-electron chi connectivity index (χ2n) is 3.76. The highest BCUT2D eigenvalue weighted by atomic mass is 16.5. The topological polar surface area (TPSA) is 77.2 Å². The molecule has 0 atom stereocenters. The van der Waals surface area contributed by atoms with Crippen LogP contribution in [0.4, 0.5) is 11.5 Å². The van der Waals surface area contributed by atoms with Crippen molar-refractivity contribution in [2.24, 2.45) is 0 Å². The maximum absolute atomic E-state index is 11.3. The Balaban J connectivity index is 2.23. The summed E-state index contributed by atoms with van der Waals surface area (Å²) >= 11 is 0. The molecule has 0 amide bonds. The van der Waals surface area contributed by atoms with Gasteiger partial charge in [0, 0.05) is 22.7 Å². The summed E-state index contributed by atoms with van der Waals surface area (Å²) in [6.45, 7) is 2.24. The fourth-order valence-electron chi connectivity index (χ4n) is 1.74. The van der Waals surface area contributed by atoms with Gasteiger partial charge in [-0.05, 0) is 19.1 Å². The number of ether oxygens (including phenoxy) is 1. The predicted octanol–water partition coefficient (Wildman–Crippen LogP) is 1.79. The average molecular weight is 245 g/mol. The maximum Gasteiger partial charge on any atom is 0.325 e. The minimum atomic E-state index is -0.305. The number of rotatable bonds is 4. The van der Waals surface area contributed by atoms with E-state index in [2.05, 4.69) is 10.3 Å². The molecule has 0 radical (unpaired) electrons. The molecule has 0 fully saturated rings. The molecule has 18 heavy (non-hydrogen) atoms. The quantitative estimate of drug-likeness (QED) is 0.634. The second kappa shape index (κ2) is 5.35. The zero-order valence-electron chi connectivity index (χ0n) is 10.1. The van der Waals surface area contributed by atoms with Crippen LogP contribution in [0.2, 0.25) is 0 Å². The zero-order valence-corrected chi connectivity index (χ0v) is 10.1. The predicted molar refractivity (Wildman–Crippen MR) is 71.3 cm³/mol.